The number of ether oxygens (including phenoxy) is 1. The van der Waals surface area contributed by atoms with Crippen molar-refractivity contribution in [2.24, 2.45) is 0 Å². The maximum atomic E-state index is 12.5. The Labute approximate surface area is 195 Å². The summed E-state index contributed by atoms with van der Waals surface area (Å²) in [5.41, 5.74) is 1.78. The Kier molecular flexibility index (Phi) is 8.47. The van der Waals surface area contributed by atoms with Crippen molar-refractivity contribution in [1.82, 2.24) is 14.8 Å². The molecule has 0 radical (unpaired) electrons. The van der Waals surface area contributed by atoms with E-state index in [-0.39, 0.29) is 18.3 Å². The van der Waals surface area contributed by atoms with Gasteiger partial charge in [0.1, 0.15) is 5.82 Å². The van der Waals surface area contributed by atoms with Crippen molar-refractivity contribution >= 4 is 40.9 Å². The van der Waals surface area contributed by atoms with Crippen LogP contribution in [0, 0.1) is 0 Å². The van der Waals surface area contributed by atoms with Crippen LogP contribution in [0.2, 0.25) is 5.02 Å². The van der Waals surface area contributed by atoms with E-state index in [9.17, 15) is 9.59 Å². The number of benzene rings is 2. The Morgan fingerprint density at radius 3 is 2.72 bits per heavy atom. The third kappa shape index (κ3) is 6.21. The summed E-state index contributed by atoms with van der Waals surface area (Å²) in [5.74, 6) is 0.137. The molecule has 0 aliphatic carbocycles. The number of carbonyl (C=O) groups is 2. The molecule has 2 aromatic carbocycles. The van der Waals surface area contributed by atoms with Crippen molar-refractivity contribution in [3.63, 3.8) is 0 Å². The van der Waals surface area contributed by atoms with Crippen LogP contribution in [0.15, 0.2) is 66.3 Å². The number of halogens is 1. The maximum Gasteiger partial charge on any atom is 0.338 e. The van der Waals surface area contributed by atoms with E-state index < -0.39 is 5.97 Å². The molecule has 1 heterocycles. The number of anilines is 1. The van der Waals surface area contributed by atoms with Gasteiger partial charge < -0.3 is 14.6 Å². The average molecular weight is 471 g/mol. The van der Waals surface area contributed by atoms with Crippen LogP contribution in [-0.2, 0) is 22.5 Å². The van der Waals surface area contributed by atoms with Crippen molar-refractivity contribution in [3.05, 3.63) is 83.2 Å². The Morgan fingerprint density at radius 2 is 2.00 bits per heavy atom. The summed E-state index contributed by atoms with van der Waals surface area (Å²) in [6.45, 7) is 6.33. The van der Waals surface area contributed by atoms with E-state index in [2.05, 4.69) is 22.1 Å². The highest BCUT2D eigenvalue weighted by atomic mass is 35.5. The molecule has 0 aliphatic rings. The summed E-state index contributed by atoms with van der Waals surface area (Å²) in [6, 6.07) is 14.6. The van der Waals surface area contributed by atoms with Crippen molar-refractivity contribution in [1.29, 1.82) is 0 Å². The number of thioether (sulfide) groups is 1. The summed E-state index contributed by atoms with van der Waals surface area (Å²) in [7, 11) is 0. The Morgan fingerprint density at radius 1 is 1.22 bits per heavy atom. The first-order chi connectivity index (χ1) is 15.5. The highest BCUT2D eigenvalue weighted by molar-refractivity contribution is 7.99. The summed E-state index contributed by atoms with van der Waals surface area (Å²) in [5, 5.41) is 12.2. The van der Waals surface area contributed by atoms with Crippen LogP contribution >= 0.6 is 23.4 Å². The van der Waals surface area contributed by atoms with Crippen molar-refractivity contribution < 1.29 is 14.3 Å². The van der Waals surface area contributed by atoms with Gasteiger partial charge in [0, 0.05) is 13.0 Å². The maximum absolute atomic E-state index is 12.5. The number of aromatic nitrogens is 3. The number of carbonyl (C=O) groups excluding carboxylic acids is 2. The van der Waals surface area contributed by atoms with E-state index >= 15 is 0 Å². The molecule has 0 atom stereocenters. The molecule has 166 valence electrons. The standard InChI is InChI=1S/C23H23ClN4O3S/c1-3-12-28-20(13-16-8-6-5-7-9-16)26-27-23(28)32-15-21(29)25-19-14-17(10-11-18(19)24)22(30)31-4-2/h3,5-11,14H,1,4,12-13,15H2,2H3,(H,25,29). The number of allylic oxidation sites excluding steroid dienone is 1. The largest absolute Gasteiger partial charge is 0.462 e. The van der Waals surface area contributed by atoms with Crippen LogP contribution in [0.4, 0.5) is 5.69 Å². The van der Waals surface area contributed by atoms with Crippen molar-refractivity contribution in [3.8, 4) is 0 Å². The normalized spacial score (nSPS) is 10.6. The fourth-order valence-electron chi connectivity index (χ4n) is 2.93. The number of hydrogen-bond donors (Lipinski definition) is 1. The minimum atomic E-state index is -0.475. The minimum Gasteiger partial charge on any atom is -0.462 e. The monoisotopic (exact) mass is 470 g/mol. The summed E-state index contributed by atoms with van der Waals surface area (Å²) >= 11 is 7.44. The molecule has 0 saturated heterocycles. The topological polar surface area (TPSA) is 86.1 Å². The third-order valence-electron chi connectivity index (χ3n) is 4.39. The fourth-order valence-corrected chi connectivity index (χ4v) is 3.86. The SMILES string of the molecule is C=CCn1c(Cc2ccccc2)nnc1SCC(=O)Nc1cc(C(=O)OCC)ccc1Cl. The van der Waals surface area contributed by atoms with Gasteiger partial charge in [0.2, 0.25) is 5.91 Å². The van der Waals surface area contributed by atoms with Gasteiger partial charge in [-0.1, -0.05) is 59.8 Å². The van der Waals surface area contributed by atoms with Crippen LogP contribution < -0.4 is 5.32 Å². The van der Waals surface area contributed by atoms with Gasteiger partial charge in [0.25, 0.3) is 0 Å². The number of nitrogens with zero attached hydrogens (tertiary/aromatic N) is 3. The first-order valence-corrected chi connectivity index (χ1v) is 11.3. The quantitative estimate of drug-likeness (QED) is 0.264. The van der Waals surface area contributed by atoms with Gasteiger partial charge in [0.05, 0.1) is 28.6 Å². The van der Waals surface area contributed by atoms with E-state index in [1.54, 1.807) is 25.1 Å². The first kappa shape index (κ1) is 23.6. The average Bonchev–Trinajstić information content (AvgIpc) is 3.16. The molecular weight excluding hydrogens is 448 g/mol. The van der Waals surface area contributed by atoms with Crippen LogP contribution in [0.25, 0.3) is 0 Å². The highest BCUT2D eigenvalue weighted by Gasteiger charge is 2.16. The number of amides is 1. The number of esters is 1. The minimum absolute atomic E-state index is 0.0978. The fraction of sp³-hybridized carbons (Fsp3) is 0.217. The molecule has 0 fully saturated rings. The van der Waals surface area contributed by atoms with Crippen molar-refractivity contribution in [2.45, 2.75) is 25.0 Å². The highest BCUT2D eigenvalue weighted by Crippen LogP contribution is 2.25. The van der Waals surface area contributed by atoms with Gasteiger partial charge in [-0.15, -0.1) is 16.8 Å². The van der Waals surface area contributed by atoms with E-state index in [1.807, 2.05) is 34.9 Å². The van der Waals surface area contributed by atoms with Gasteiger partial charge in [-0.2, -0.15) is 0 Å². The molecule has 1 amide bonds. The van der Waals surface area contributed by atoms with E-state index in [0.717, 1.165) is 11.4 Å². The molecule has 32 heavy (non-hydrogen) atoms. The molecule has 0 spiro atoms. The lowest BCUT2D eigenvalue weighted by molar-refractivity contribution is -0.113. The Hall–Kier alpha value is -3.10. The van der Waals surface area contributed by atoms with Crippen LogP contribution in [-0.4, -0.2) is 39.0 Å². The molecule has 0 saturated carbocycles. The number of hydrogen-bond acceptors (Lipinski definition) is 6. The predicted molar refractivity (Wildman–Crippen MR) is 126 cm³/mol. The molecule has 1 N–H and O–H groups in total. The molecule has 0 bridgehead atoms. The molecule has 0 unspecified atom stereocenters. The second-order valence-corrected chi connectivity index (χ2v) is 8.06. The van der Waals surface area contributed by atoms with Gasteiger partial charge >= 0.3 is 5.97 Å². The molecule has 0 aliphatic heterocycles. The molecule has 7 nitrogen and oxygen atoms in total. The van der Waals surface area contributed by atoms with Gasteiger partial charge in [-0.25, -0.2) is 4.79 Å². The lowest BCUT2D eigenvalue weighted by Gasteiger charge is -2.10. The van der Waals surface area contributed by atoms with Crippen molar-refractivity contribution in [2.75, 3.05) is 17.7 Å². The number of nitrogens with one attached hydrogen (secondary N) is 1. The summed E-state index contributed by atoms with van der Waals surface area (Å²) in [6.07, 6.45) is 2.40. The third-order valence-corrected chi connectivity index (χ3v) is 5.69. The zero-order valence-corrected chi connectivity index (χ0v) is 19.2. The van der Waals surface area contributed by atoms with Crippen LogP contribution in [0.3, 0.4) is 0 Å². The summed E-state index contributed by atoms with van der Waals surface area (Å²) in [4.78, 5) is 24.5. The number of rotatable bonds is 10. The van der Waals surface area contributed by atoms with Gasteiger partial charge in [0.15, 0.2) is 5.16 Å². The van der Waals surface area contributed by atoms with E-state index in [0.29, 0.717) is 34.4 Å². The Bertz CT molecular complexity index is 1100. The Balaban J connectivity index is 1.66. The first-order valence-electron chi connectivity index (χ1n) is 9.98. The second-order valence-electron chi connectivity index (χ2n) is 6.71. The predicted octanol–water partition coefficient (Wildman–Crippen LogP) is 4.62. The molecule has 3 rings (SSSR count). The van der Waals surface area contributed by atoms with E-state index in [4.69, 9.17) is 16.3 Å². The molecule has 3 aromatic rings. The zero-order chi connectivity index (χ0) is 22.9. The zero-order valence-electron chi connectivity index (χ0n) is 17.6. The molecule has 9 heteroatoms. The van der Waals surface area contributed by atoms with Crippen LogP contribution in [0.1, 0.15) is 28.7 Å². The van der Waals surface area contributed by atoms with E-state index in [1.165, 1.54) is 17.8 Å². The smallest absolute Gasteiger partial charge is 0.338 e. The lowest BCUT2D eigenvalue weighted by atomic mass is 10.1. The summed E-state index contributed by atoms with van der Waals surface area (Å²) < 4.78 is 6.93. The van der Waals surface area contributed by atoms with Crippen LogP contribution in [0.5, 0.6) is 0 Å². The molecule has 1 aromatic heterocycles. The second kappa shape index (κ2) is 11.5. The van der Waals surface area contributed by atoms with Gasteiger partial charge in [-0.3, -0.25) is 4.79 Å². The van der Waals surface area contributed by atoms with Gasteiger partial charge in [-0.05, 0) is 30.7 Å². The lowest BCUT2D eigenvalue weighted by Crippen LogP contribution is -2.16. The molecular formula is C23H23ClN4O3S.